The van der Waals surface area contributed by atoms with E-state index in [9.17, 15) is 14.7 Å². The lowest BCUT2D eigenvalue weighted by molar-refractivity contribution is -0.159. The van der Waals surface area contributed by atoms with Crippen LogP contribution in [0.25, 0.3) is 0 Å². The Bertz CT molecular complexity index is 486. The van der Waals surface area contributed by atoms with Crippen LogP contribution in [0.4, 0.5) is 0 Å². The quantitative estimate of drug-likeness (QED) is 0.572. The van der Waals surface area contributed by atoms with Gasteiger partial charge in [0.25, 0.3) is 0 Å². The number of hydrogen-bond acceptors (Lipinski definition) is 5. The van der Waals surface area contributed by atoms with Crippen LogP contribution in [0.5, 0.6) is 5.75 Å². The Hall–Kier alpha value is -2.08. The molecule has 2 rings (SSSR count). The number of carbonyl (C=O) groups excluding carboxylic acids is 2. The average molecular weight is 264 g/mol. The number of amides is 1. The minimum absolute atomic E-state index is 0.153. The molecule has 0 aliphatic carbocycles. The van der Waals surface area contributed by atoms with E-state index in [4.69, 9.17) is 10.5 Å². The molecule has 3 N–H and O–H groups in total. The molecule has 19 heavy (non-hydrogen) atoms. The Morgan fingerprint density at radius 2 is 2.16 bits per heavy atom. The van der Waals surface area contributed by atoms with E-state index in [2.05, 4.69) is 0 Å². The van der Waals surface area contributed by atoms with Gasteiger partial charge >= 0.3 is 5.97 Å². The molecule has 2 unspecified atom stereocenters. The number of phenols is 1. The minimum Gasteiger partial charge on any atom is -0.508 e. The van der Waals surface area contributed by atoms with Crippen molar-refractivity contribution in [3.8, 4) is 5.75 Å². The summed E-state index contributed by atoms with van der Waals surface area (Å²) in [5, 5.41) is 9.22. The van der Waals surface area contributed by atoms with Gasteiger partial charge in [0.1, 0.15) is 17.8 Å². The molecule has 1 aliphatic rings. The molecule has 2 atom stereocenters. The van der Waals surface area contributed by atoms with Gasteiger partial charge in [-0.15, -0.1) is 0 Å². The van der Waals surface area contributed by atoms with E-state index >= 15 is 0 Å². The first-order valence-corrected chi connectivity index (χ1v) is 5.94. The number of β-lactam (4-membered cyclic amide) rings is 1. The molecule has 0 aromatic heterocycles. The van der Waals surface area contributed by atoms with Gasteiger partial charge in [0.15, 0.2) is 0 Å². The zero-order valence-electron chi connectivity index (χ0n) is 10.6. The number of carbonyl (C=O) groups is 2. The summed E-state index contributed by atoms with van der Waals surface area (Å²) < 4.78 is 4.73. The van der Waals surface area contributed by atoms with Crippen LogP contribution < -0.4 is 5.73 Å². The molecule has 0 bridgehead atoms. The summed E-state index contributed by atoms with van der Waals surface area (Å²) in [6.45, 7) is 0.358. The van der Waals surface area contributed by atoms with E-state index in [1.165, 1.54) is 24.1 Å². The lowest BCUT2D eigenvalue weighted by Crippen LogP contribution is -2.66. The van der Waals surface area contributed by atoms with Gasteiger partial charge in [-0.2, -0.15) is 0 Å². The highest BCUT2D eigenvalue weighted by atomic mass is 16.5. The van der Waals surface area contributed by atoms with Crippen LogP contribution in [0.15, 0.2) is 24.3 Å². The Morgan fingerprint density at radius 3 is 2.63 bits per heavy atom. The Morgan fingerprint density at radius 1 is 1.53 bits per heavy atom. The van der Waals surface area contributed by atoms with E-state index in [0.717, 1.165) is 5.56 Å². The molecule has 1 aromatic rings. The van der Waals surface area contributed by atoms with Crippen molar-refractivity contribution in [3.63, 3.8) is 0 Å². The number of esters is 1. The number of nitrogens with zero attached hydrogens (tertiary/aromatic N) is 1. The van der Waals surface area contributed by atoms with Crippen molar-refractivity contribution in [2.75, 3.05) is 13.7 Å². The molecule has 1 amide bonds. The molecule has 1 aromatic carbocycles. The number of benzene rings is 1. The first-order chi connectivity index (χ1) is 9.02. The fraction of sp³-hybridized carbons (Fsp3) is 0.385. The molecular weight excluding hydrogens is 248 g/mol. The summed E-state index contributed by atoms with van der Waals surface area (Å²) in [6, 6.07) is 5.29. The summed E-state index contributed by atoms with van der Waals surface area (Å²) in [6.07, 6.45) is 0.339. The third-order valence-electron chi connectivity index (χ3n) is 3.21. The van der Waals surface area contributed by atoms with Crippen LogP contribution >= 0.6 is 0 Å². The highest BCUT2D eigenvalue weighted by molar-refractivity contribution is 5.92. The van der Waals surface area contributed by atoms with Crippen molar-refractivity contribution in [1.29, 1.82) is 0 Å². The number of rotatable bonds is 4. The number of ether oxygens (including phenoxy) is 1. The van der Waals surface area contributed by atoms with Crippen LogP contribution in [0, 0.1) is 0 Å². The molecule has 1 fully saturated rings. The van der Waals surface area contributed by atoms with Crippen molar-refractivity contribution >= 4 is 11.9 Å². The van der Waals surface area contributed by atoms with Gasteiger partial charge in [-0.25, -0.2) is 4.79 Å². The Labute approximate surface area is 110 Å². The van der Waals surface area contributed by atoms with Gasteiger partial charge in [0, 0.05) is 13.0 Å². The van der Waals surface area contributed by atoms with Crippen LogP contribution in [0.2, 0.25) is 0 Å². The zero-order valence-corrected chi connectivity index (χ0v) is 10.6. The first kappa shape index (κ1) is 13.4. The molecular formula is C13H16N2O4. The van der Waals surface area contributed by atoms with Crippen LogP contribution in [0.1, 0.15) is 5.56 Å². The van der Waals surface area contributed by atoms with Gasteiger partial charge in [-0.3, -0.25) is 4.79 Å². The second-order valence-corrected chi connectivity index (χ2v) is 4.51. The number of aromatic hydroxyl groups is 1. The third-order valence-corrected chi connectivity index (χ3v) is 3.21. The molecule has 0 spiro atoms. The lowest BCUT2D eigenvalue weighted by atomic mass is 9.99. The zero-order chi connectivity index (χ0) is 14.0. The number of methoxy groups -OCH3 is 1. The Kier molecular flexibility index (Phi) is 3.71. The van der Waals surface area contributed by atoms with Gasteiger partial charge in [0.2, 0.25) is 5.91 Å². The second-order valence-electron chi connectivity index (χ2n) is 4.51. The lowest BCUT2D eigenvalue weighted by Gasteiger charge is -2.40. The van der Waals surface area contributed by atoms with E-state index in [1.54, 1.807) is 12.1 Å². The van der Waals surface area contributed by atoms with Gasteiger partial charge in [0.05, 0.1) is 7.11 Å². The maximum atomic E-state index is 11.8. The number of phenolic OH excluding ortho intramolecular Hbond substituents is 1. The summed E-state index contributed by atoms with van der Waals surface area (Å²) in [7, 11) is 1.29. The van der Waals surface area contributed by atoms with Crippen LogP contribution in [-0.4, -0.2) is 47.6 Å². The maximum absolute atomic E-state index is 11.8. The van der Waals surface area contributed by atoms with Crippen LogP contribution in [0.3, 0.4) is 0 Å². The molecule has 0 saturated carbocycles. The number of hydrogen-bond donors (Lipinski definition) is 2. The molecule has 1 saturated heterocycles. The predicted octanol–water partition coefficient (Wildman–Crippen LogP) is -0.354. The molecule has 6 heteroatoms. The van der Waals surface area contributed by atoms with E-state index in [0.29, 0.717) is 13.0 Å². The molecule has 1 aliphatic heterocycles. The summed E-state index contributed by atoms with van der Waals surface area (Å²) >= 11 is 0. The summed E-state index contributed by atoms with van der Waals surface area (Å²) in [5.74, 6) is -0.553. The minimum atomic E-state index is -0.665. The smallest absolute Gasteiger partial charge is 0.328 e. The van der Waals surface area contributed by atoms with Gasteiger partial charge < -0.3 is 20.5 Å². The highest BCUT2D eigenvalue weighted by Crippen LogP contribution is 2.19. The first-order valence-electron chi connectivity index (χ1n) is 5.94. The second kappa shape index (κ2) is 5.27. The maximum Gasteiger partial charge on any atom is 0.328 e. The molecule has 0 radical (unpaired) electrons. The highest BCUT2D eigenvalue weighted by Gasteiger charge is 2.41. The van der Waals surface area contributed by atoms with Crippen molar-refractivity contribution in [1.82, 2.24) is 4.90 Å². The monoisotopic (exact) mass is 264 g/mol. The van der Waals surface area contributed by atoms with Crippen LogP contribution in [-0.2, 0) is 20.7 Å². The van der Waals surface area contributed by atoms with Crippen molar-refractivity contribution < 1.29 is 19.4 Å². The standard InChI is InChI=1S/C13H16N2O4/c1-19-13(18)11(15-7-10(14)12(15)17)6-8-2-4-9(16)5-3-8/h2-5,10-11,16H,6-7,14H2,1H3. The Balaban J connectivity index is 2.12. The van der Waals surface area contributed by atoms with Crippen molar-refractivity contribution in [2.24, 2.45) is 5.73 Å². The van der Waals surface area contributed by atoms with Gasteiger partial charge in [-0.05, 0) is 17.7 Å². The van der Waals surface area contributed by atoms with Crippen molar-refractivity contribution in [3.05, 3.63) is 29.8 Å². The molecule has 102 valence electrons. The number of likely N-dealkylation sites (tertiary alicyclic amines) is 1. The normalized spacial score (nSPS) is 19.8. The third kappa shape index (κ3) is 2.68. The van der Waals surface area contributed by atoms with Gasteiger partial charge in [-0.1, -0.05) is 12.1 Å². The number of nitrogens with two attached hydrogens (primary N) is 1. The molecule has 1 heterocycles. The topological polar surface area (TPSA) is 92.9 Å². The van der Waals surface area contributed by atoms with Crippen molar-refractivity contribution in [2.45, 2.75) is 18.5 Å². The molecule has 6 nitrogen and oxygen atoms in total. The predicted molar refractivity (Wildman–Crippen MR) is 67.3 cm³/mol. The van der Waals surface area contributed by atoms with E-state index < -0.39 is 18.1 Å². The fourth-order valence-electron chi connectivity index (χ4n) is 2.07. The van der Waals surface area contributed by atoms with E-state index in [1.807, 2.05) is 0 Å². The average Bonchev–Trinajstić information content (AvgIpc) is 2.43. The van der Waals surface area contributed by atoms with E-state index in [-0.39, 0.29) is 11.7 Å². The largest absolute Gasteiger partial charge is 0.508 e. The summed E-state index contributed by atoms with van der Waals surface area (Å²) in [4.78, 5) is 24.8. The SMILES string of the molecule is COC(=O)C(Cc1ccc(O)cc1)N1CC(N)C1=O. The fourth-order valence-corrected chi connectivity index (χ4v) is 2.07. The summed E-state index contributed by atoms with van der Waals surface area (Å²) in [5.41, 5.74) is 6.36.